The highest BCUT2D eigenvalue weighted by molar-refractivity contribution is 5.94. The Balaban J connectivity index is 2.56. The fraction of sp³-hybridized carbons (Fsp3) is 0.412. The van der Waals surface area contributed by atoms with Crippen LogP contribution in [0.5, 0.6) is 0 Å². The fourth-order valence-electron chi connectivity index (χ4n) is 2.54. The normalized spacial score (nSPS) is 13.1. The van der Waals surface area contributed by atoms with Crippen LogP contribution < -0.4 is 5.73 Å². The second kappa shape index (κ2) is 6.04. The molecule has 6 heteroatoms. The summed E-state index contributed by atoms with van der Waals surface area (Å²) >= 11 is 0. The molecule has 1 unspecified atom stereocenters. The summed E-state index contributed by atoms with van der Waals surface area (Å²) in [5.74, 6) is -1.07. The Hall–Kier alpha value is -2.34. The average Bonchev–Trinajstić information content (AvgIpc) is 2.69. The Labute approximate surface area is 134 Å². The van der Waals surface area contributed by atoms with Crippen LogP contribution in [0.4, 0.5) is 4.79 Å². The van der Waals surface area contributed by atoms with Crippen LogP contribution in [-0.4, -0.2) is 33.4 Å². The monoisotopic (exact) mass is 318 g/mol. The van der Waals surface area contributed by atoms with E-state index in [1.807, 2.05) is 24.3 Å². The van der Waals surface area contributed by atoms with Crippen molar-refractivity contribution < 1.29 is 19.4 Å². The predicted molar refractivity (Wildman–Crippen MR) is 87.6 cm³/mol. The van der Waals surface area contributed by atoms with Gasteiger partial charge in [0.1, 0.15) is 11.6 Å². The number of carbonyl (C=O) groups is 2. The maximum Gasteiger partial charge on any atom is 0.419 e. The van der Waals surface area contributed by atoms with E-state index in [-0.39, 0.29) is 6.42 Å². The quantitative estimate of drug-likeness (QED) is 0.907. The molecule has 0 aliphatic heterocycles. The number of carbonyl (C=O) groups excluding carboxylic acids is 1. The molecular formula is C17H22N2O4. The lowest BCUT2D eigenvalue weighted by molar-refractivity contribution is -0.138. The minimum atomic E-state index is -1.07. The zero-order valence-electron chi connectivity index (χ0n) is 13.8. The lowest BCUT2D eigenvalue weighted by Crippen LogP contribution is -2.32. The van der Waals surface area contributed by atoms with Crippen LogP contribution in [0, 0.1) is 6.92 Å². The second-order valence-corrected chi connectivity index (χ2v) is 6.55. The first-order valence-electron chi connectivity index (χ1n) is 7.42. The maximum absolute atomic E-state index is 12.5. The van der Waals surface area contributed by atoms with E-state index in [1.165, 1.54) is 4.57 Å². The van der Waals surface area contributed by atoms with Crippen LogP contribution >= 0.6 is 0 Å². The third kappa shape index (κ3) is 3.53. The summed E-state index contributed by atoms with van der Waals surface area (Å²) in [7, 11) is 0. The zero-order chi connectivity index (χ0) is 17.4. The standard InChI is InChI=1S/C17H22N2O4/c1-10-12(9-13(18)15(20)21)11-7-5-6-8-14(11)19(10)16(22)23-17(2,3)4/h5-8,13H,9,18H2,1-4H3,(H,20,21). The molecule has 1 aromatic carbocycles. The number of carboxylic acids is 1. The van der Waals surface area contributed by atoms with Crippen molar-refractivity contribution in [2.45, 2.75) is 45.8 Å². The molecular weight excluding hydrogens is 296 g/mol. The third-order valence-corrected chi connectivity index (χ3v) is 3.56. The van der Waals surface area contributed by atoms with Crippen molar-refractivity contribution >= 4 is 23.0 Å². The molecule has 23 heavy (non-hydrogen) atoms. The topological polar surface area (TPSA) is 94.5 Å². The average molecular weight is 318 g/mol. The number of aromatic nitrogens is 1. The second-order valence-electron chi connectivity index (χ2n) is 6.55. The molecule has 0 bridgehead atoms. The summed E-state index contributed by atoms with van der Waals surface area (Å²) in [5.41, 5.74) is 7.14. The van der Waals surface area contributed by atoms with Crippen LogP contribution in [0.25, 0.3) is 10.9 Å². The van der Waals surface area contributed by atoms with Crippen molar-refractivity contribution in [1.82, 2.24) is 4.57 Å². The number of nitrogens with two attached hydrogens (primary N) is 1. The van der Waals surface area contributed by atoms with Gasteiger partial charge in [0.05, 0.1) is 5.52 Å². The van der Waals surface area contributed by atoms with Gasteiger partial charge in [-0.1, -0.05) is 18.2 Å². The molecule has 1 heterocycles. The number of fused-ring (bicyclic) bond motifs is 1. The molecule has 0 aliphatic rings. The molecule has 0 amide bonds. The number of benzene rings is 1. The summed E-state index contributed by atoms with van der Waals surface area (Å²) < 4.78 is 6.93. The Morgan fingerprint density at radius 2 is 1.91 bits per heavy atom. The van der Waals surface area contributed by atoms with Gasteiger partial charge in [-0.25, -0.2) is 9.36 Å². The van der Waals surface area contributed by atoms with E-state index in [0.717, 1.165) is 10.9 Å². The number of rotatable bonds is 3. The van der Waals surface area contributed by atoms with Gasteiger partial charge in [-0.05, 0) is 39.3 Å². The fourth-order valence-corrected chi connectivity index (χ4v) is 2.54. The maximum atomic E-state index is 12.5. The van der Waals surface area contributed by atoms with E-state index in [9.17, 15) is 9.59 Å². The molecule has 1 atom stereocenters. The molecule has 0 aliphatic carbocycles. The van der Waals surface area contributed by atoms with Crippen molar-refractivity contribution in [2.75, 3.05) is 0 Å². The first kappa shape index (κ1) is 17.0. The Kier molecular flexibility index (Phi) is 4.47. The molecule has 0 radical (unpaired) electrons. The summed E-state index contributed by atoms with van der Waals surface area (Å²) in [6.07, 6.45) is -0.335. The first-order chi connectivity index (χ1) is 10.6. The molecule has 3 N–H and O–H groups in total. The predicted octanol–water partition coefficient (Wildman–Crippen LogP) is 2.69. The van der Waals surface area contributed by atoms with Gasteiger partial charge < -0.3 is 15.6 Å². The van der Waals surface area contributed by atoms with Gasteiger partial charge in [-0.3, -0.25) is 4.79 Å². The largest absolute Gasteiger partial charge is 0.480 e. The summed E-state index contributed by atoms with van der Waals surface area (Å²) in [5, 5.41) is 9.86. The van der Waals surface area contributed by atoms with Crippen LogP contribution in [0.1, 0.15) is 32.0 Å². The molecule has 0 saturated carbocycles. The van der Waals surface area contributed by atoms with Gasteiger partial charge >= 0.3 is 12.1 Å². The number of hydrogen-bond acceptors (Lipinski definition) is 4. The van der Waals surface area contributed by atoms with Crippen molar-refractivity contribution in [3.8, 4) is 0 Å². The molecule has 2 aromatic rings. The van der Waals surface area contributed by atoms with Gasteiger partial charge in [0, 0.05) is 17.5 Å². The first-order valence-corrected chi connectivity index (χ1v) is 7.42. The van der Waals surface area contributed by atoms with E-state index >= 15 is 0 Å². The Bertz CT molecular complexity index is 756. The lowest BCUT2D eigenvalue weighted by Gasteiger charge is -2.20. The summed E-state index contributed by atoms with van der Waals surface area (Å²) in [4.78, 5) is 23.6. The number of nitrogens with zero attached hydrogens (tertiary/aromatic N) is 1. The zero-order valence-corrected chi connectivity index (χ0v) is 13.8. The number of hydrogen-bond donors (Lipinski definition) is 2. The van der Waals surface area contributed by atoms with Gasteiger partial charge in [0.2, 0.25) is 0 Å². The number of ether oxygens (including phenoxy) is 1. The van der Waals surface area contributed by atoms with Crippen LogP contribution in [-0.2, 0) is 16.0 Å². The molecule has 0 fully saturated rings. The van der Waals surface area contributed by atoms with E-state index < -0.39 is 23.7 Å². The van der Waals surface area contributed by atoms with Crippen LogP contribution in [0.15, 0.2) is 24.3 Å². The number of aliphatic carboxylic acids is 1. The molecule has 124 valence electrons. The molecule has 1 aromatic heterocycles. The van der Waals surface area contributed by atoms with E-state index in [2.05, 4.69) is 0 Å². The van der Waals surface area contributed by atoms with Crippen molar-refractivity contribution in [3.05, 3.63) is 35.5 Å². The van der Waals surface area contributed by atoms with E-state index in [4.69, 9.17) is 15.6 Å². The highest BCUT2D eigenvalue weighted by Gasteiger charge is 2.25. The lowest BCUT2D eigenvalue weighted by atomic mass is 10.0. The van der Waals surface area contributed by atoms with Gasteiger partial charge in [0.15, 0.2) is 0 Å². The molecule has 0 spiro atoms. The smallest absolute Gasteiger partial charge is 0.419 e. The minimum absolute atomic E-state index is 0.150. The van der Waals surface area contributed by atoms with Gasteiger partial charge in [0.25, 0.3) is 0 Å². The molecule has 6 nitrogen and oxygen atoms in total. The van der Waals surface area contributed by atoms with E-state index in [1.54, 1.807) is 27.7 Å². The summed E-state index contributed by atoms with van der Waals surface area (Å²) in [6.45, 7) is 7.17. The van der Waals surface area contributed by atoms with Gasteiger partial charge in [-0.15, -0.1) is 0 Å². The molecule has 2 rings (SSSR count). The Morgan fingerprint density at radius 3 is 2.48 bits per heavy atom. The number of para-hydroxylation sites is 1. The highest BCUT2D eigenvalue weighted by atomic mass is 16.6. The summed E-state index contributed by atoms with van der Waals surface area (Å²) in [6, 6.07) is 6.31. The van der Waals surface area contributed by atoms with Crippen molar-refractivity contribution in [1.29, 1.82) is 0 Å². The Morgan fingerprint density at radius 1 is 1.30 bits per heavy atom. The van der Waals surface area contributed by atoms with E-state index in [0.29, 0.717) is 11.2 Å². The van der Waals surface area contributed by atoms with Crippen molar-refractivity contribution in [2.24, 2.45) is 5.73 Å². The SMILES string of the molecule is Cc1c(CC(N)C(=O)O)c2ccccc2n1C(=O)OC(C)(C)C. The van der Waals surface area contributed by atoms with Crippen LogP contribution in [0.2, 0.25) is 0 Å². The third-order valence-electron chi connectivity index (χ3n) is 3.56. The van der Waals surface area contributed by atoms with Gasteiger partial charge in [-0.2, -0.15) is 0 Å². The van der Waals surface area contributed by atoms with Crippen molar-refractivity contribution in [3.63, 3.8) is 0 Å². The molecule has 0 saturated heterocycles. The highest BCUT2D eigenvalue weighted by Crippen LogP contribution is 2.28. The number of carboxylic acid groups (broad SMARTS) is 1. The minimum Gasteiger partial charge on any atom is -0.480 e. The van der Waals surface area contributed by atoms with Crippen LogP contribution in [0.3, 0.4) is 0 Å².